The summed E-state index contributed by atoms with van der Waals surface area (Å²) in [6.07, 6.45) is -0.0967. The Morgan fingerprint density at radius 2 is 1.71 bits per heavy atom. The number of fused-ring (bicyclic) bond motifs is 1. The number of rotatable bonds is 4. The topological polar surface area (TPSA) is 58.6 Å². The van der Waals surface area contributed by atoms with Crippen molar-refractivity contribution in [2.75, 3.05) is 6.54 Å². The van der Waals surface area contributed by atoms with Gasteiger partial charge in [0.25, 0.3) is 0 Å². The fourth-order valence-electron chi connectivity index (χ4n) is 4.17. The van der Waals surface area contributed by atoms with Crippen molar-refractivity contribution in [3.05, 3.63) is 57.6 Å². The van der Waals surface area contributed by atoms with Gasteiger partial charge in [0.05, 0.1) is 5.60 Å². The molecule has 0 amide bonds. The molecule has 1 atom stereocenters. The van der Waals surface area contributed by atoms with Gasteiger partial charge in [-0.15, -0.1) is 0 Å². The predicted molar refractivity (Wildman–Crippen MR) is 113 cm³/mol. The van der Waals surface area contributed by atoms with Crippen LogP contribution in [0.4, 0.5) is 0 Å². The summed E-state index contributed by atoms with van der Waals surface area (Å²) in [6.45, 7) is 13.7. The van der Waals surface area contributed by atoms with Crippen LogP contribution >= 0.6 is 0 Å². The highest BCUT2D eigenvalue weighted by Gasteiger charge is 2.33. The van der Waals surface area contributed by atoms with Crippen LogP contribution in [0.3, 0.4) is 0 Å². The van der Waals surface area contributed by atoms with Gasteiger partial charge in [-0.3, -0.25) is 0 Å². The van der Waals surface area contributed by atoms with E-state index < -0.39 is 17.7 Å². The molecule has 1 heterocycles. The summed E-state index contributed by atoms with van der Waals surface area (Å²) >= 11 is 0. The normalized spacial score (nSPS) is 15.2. The summed E-state index contributed by atoms with van der Waals surface area (Å²) < 4.78 is 6.08. The molecule has 0 fully saturated rings. The maximum Gasteiger partial charge on any atom is 0.337 e. The number of aliphatic carboxylic acids is 1. The van der Waals surface area contributed by atoms with E-state index in [1.807, 2.05) is 20.8 Å². The van der Waals surface area contributed by atoms with E-state index >= 15 is 0 Å². The Labute approximate surface area is 167 Å². The van der Waals surface area contributed by atoms with Gasteiger partial charge in [-0.2, -0.15) is 0 Å². The van der Waals surface area contributed by atoms with E-state index in [0.29, 0.717) is 0 Å². The first-order chi connectivity index (χ1) is 13.1. The molecule has 2 N–H and O–H groups in total. The fourth-order valence-corrected chi connectivity index (χ4v) is 4.17. The zero-order chi connectivity index (χ0) is 20.6. The summed E-state index contributed by atoms with van der Waals surface area (Å²) in [5.74, 6) is -0.945. The zero-order valence-corrected chi connectivity index (χ0v) is 17.8. The van der Waals surface area contributed by atoms with E-state index in [9.17, 15) is 9.90 Å². The van der Waals surface area contributed by atoms with Crippen LogP contribution in [-0.2, 0) is 22.5 Å². The Bertz CT molecular complexity index is 892. The average Bonchev–Trinajstić information content (AvgIpc) is 2.63. The molecular formula is C24H31NO3. The molecule has 28 heavy (non-hydrogen) atoms. The molecule has 3 rings (SSSR count). The Morgan fingerprint density at radius 3 is 2.29 bits per heavy atom. The van der Waals surface area contributed by atoms with Gasteiger partial charge in [0.1, 0.15) is 0 Å². The van der Waals surface area contributed by atoms with Gasteiger partial charge in [-0.25, -0.2) is 4.79 Å². The third kappa shape index (κ3) is 3.98. The summed E-state index contributed by atoms with van der Waals surface area (Å²) in [6, 6.07) is 8.32. The molecule has 0 spiro atoms. The van der Waals surface area contributed by atoms with Crippen molar-refractivity contribution in [3.63, 3.8) is 0 Å². The second-order valence-electron chi connectivity index (χ2n) is 8.74. The van der Waals surface area contributed by atoms with Crippen molar-refractivity contribution >= 4 is 5.97 Å². The summed E-state index contributed by atoms with van der Waals surface area (Å²) in [7, 11) is 0. The Kier molecular flexibility index (Phi) is 5.64. The lowest BCUT2D eigenvalue weighted by Gasteiger charge is -2.32. The van der Waals surface area contributed by atoms with Crippen molar-refractivity contribution in [2.24, 2.45) is 0 Å². The maximum absolute atomic E-state index is 12.3. The number of benzene rings is 2. The Hall–Kier alpha value is -2.17. The number of aryl methyl sites for hydroxylation is 1. The van der Waals surface area contributed by atoms with Crippen LogP contribution in [0, 0.1) is 20.8 Å². The van der Waals surface area contributed by atoms with E-state index in [2.05, 4.69) is 50.4 Å². The Balaban J connectivity index is 2.34. The van der Waals surface area contributed by atoms with Crippen LogP contribution in [0.15, 0.2) is 24.3 Å². The van der Waals surface area contributed by atoms with Crippen LogP contribution in [0.5, 0.6) is 0 Å². The minimum Gasteiger partial charge on any atom is -0.479 e. The molecule has 1 aliphatic heterocycles. The van der Waals surface area contributed by atoms with Crippen LogP contribution < -0.4 is 5.32 Å². The van der Waals surface area contributed by atoms with E-state index in [1.54, 1.807) is 0 Å². The summed E-state index contributed by atoms with van der Waals surface area (Å²) in [4.78, 5) is 12.3. The van der Waals surface area contributed by atoms with Crippen molar-refractivity contribution in [1.29, 1.82) is 0 Å². The van der Waals surface area contributed by atoms with E-state index in [4.69, 9.17) is 4.74 Å². The molecule has 0 bridgehead atoms. The first-order valence-electron chi connectivity index (χ1n) is 9.93. The smallest absolute Gasteiger partial charge is 0.337 e. The highest BCUT2D eigenvalue weighted by atomic mass is 16.5. The fraction of sp³-hybridized carbons (Fsp3) is 0.458. The minimum absolute atomic E-state index is 0.564. The molecule has 150 valence electrons. The molecule has 2 aromatic rings. The third-order valence-corrected chi connectivity index (χ3v) is 5.47. The summed E-state index contributed by atoms with van der Waals surface area (Å²) in [5.41, 5.74) is 8.21. The van der Waals surface area contributed by atoms with Gasteiger partial charge < -0.3 is 15.2 Å². The van der Waals surface area contributed by atoms with E-state index in [0.717, 1.165) is 47.3 Å². The number of carboxylic acid groups (broad SMARTS) is 1. The largest absolute Gasteiger partial charge is 0.479 e. The highest BCUT2D eigenvalue weighted by molar-refractivity contribution is 5.84. The quantitative estimate of drug-likeness (QED) is 0.794. The van der Waals surface area contributed by atoms with Crippen LogP contribution in [-0.4, -0.2) is 23.2 Å². The molecule has 0 aromatic heterocycles. The molecule has 2 aromatic carbocycles. The number of nitrogens with one attached hydrogen (secondary N) is 1. The number of ether oxygens (including phenoxy) is 1. The monoisotopic (exact) mass is 381 g/mol. The molecule has 4 heteroatoms. The number of hydrogen-bond acceptors (Lipinski definition) is 3. The van der Waals surface area contributed by atoms with Gasteiger partial charge in [-0.05, 0) is 87.9 Å². The molecule has 0 saturated carbocycles. The lowest BCUT2D eigenvalue weighted by Crippen LogP contribution is -2.30. The lowest BCUT2D eigenvalue weighted by molar-refractivity contribution is -0.160. The average molecular weight is 382 g/mol. The zero-order valence-electron chi connectivity index (χ0n) is 17.8. The predicted octanol–water partition coefficient (Wildman–Crippen LogP) is 4.87. The van der Waals surface area contributed by atoms with Crippen molar-refractivity contribution in [2.45, 2.75) is 66.2 Å². The SMILES string of the molecule is Cc1ccc(-c2c(C)c3c(c(C)c2C(OC(C)(C)C)C(=O)O)CCNC3)cc1. The van der Waals surface area contributed by atoms with Crippen molar-refractivity contribution < 1.29 is 14.6 Å². The molecule has 4 nitrogen and oxygen atoms in total. The first kappa shape index (κ1) is 20.6. The highest BCUT2D eigenvalue weighted by Crippen LogP contribution is 2.41. The summed E-state index contributed by atoms with van der Waals surface area (Å²) in [5, 5.41) is 13.5. The molecule has 0 radical (unpaired) electrons. The molecular weight excluding hydrogens is 350 g/mol. The van der Waals surface area contributed by atoms with Gasteiger partial charge in [0, 0.05) is 12.1 Å². The molecule has 0 saturated heterocycles. The number of hydrogen-bond donors (Lipinski definition) is 2. The Morgan fingerprint density at radius 1 is 1.07 bits per heavy atom. The van der Waals surface area contributed by atoms with Gasteiger partial charge in [0.15, 0.2) is 6.10 Å². The van der Waals surface area contributed by atoms with E-state index in [1.165, 1.54) is 16.7 Å². The second-order valence-corrected chi connectivity index (χ2v) is 8.74. The van der Waals surface area contributed by atoms with Crippen LogP contribution in [0.1, 0.15) is 60.3 Å². The molecule has 1 aliphatic rings. The van der Waals surface area contributed by atoms with Crippen molar-refractivity contribution in [3.8, 4) is 11.1 Å². The van der Waals surface area contributed by atoms with Gasteiger partial charge in [0.2, 0.25) is 0 Å². The van der Waals surface area contributed by atoms with Gasteiger partial charge in [-0.1, -0.05) is 29.8 Å². The minimum atomic E-state index is -1.00. The second kappa shape index (κ2) is 7.69. The van der Waals surface area contributed by atoms with E-state index in [-0.39, 0.29) is 0 Å². The van der Waals surface area contributed by atoms with Crippen molar-refractivity contribution in [1.82, 2.24) is 5.32 Å². The number of carbonyl (C=O) groups is 1. The van der Waals surface area contributed by atoms with Crippen LogP contribution in [0.25, 0.3) is 11.1 Å². The standard InChI is InChI=1S/C24H31NO3/c1-14-7-9-17(10-8-14)20-16(3)19-13-25-12-11-18(19)15(2)21(20)22(23(26)27)28-24(4,5)6/h7-10,22,25H,11-13H2,1-6H3,(H,26,27). The third-order valence-electron chi connectivity index (χ3n) is 5.47. The maximum atomic E-state index is 12.3. The molecule has 1 unspecified atom stereocenters. The number of carboxylic acids is 1. The lowest BCUT2D eigenvalue weighted by atomic mass is 9.80. The molecule has 0 aliphatic carbocycles. The first-order valence-corrected chi connectivity index (χ1v) is 9.93. The van der Waals surface area contributed by atoms with Gasteiger partial charge >= 0.3 is 5.97 Å². The van der Waals surface area contributed by atoms with Crippen LogP contribution in [0.2, 0.25) is 0 Å².